The van der Waals surface area contributed by atoms with E-state index in [1.54, 1.807) is 24.3 Å². The van der Waals surface area contributed by atoms with E-state index in [-0.39, 0.29) is 5.91 Å². The number of hydrogen-bond acceptors (Lipinski definition) is 3. The molecule has 1 N–H and O–H groups in total. The van der Waals surface area contributed by atoms with E-state index in [0.717, 1.165) is 12.8 Å². The van der Waals surface area contributed by atoms with E-state index in [1.807, 2.05) is 0 Å². The van der Waals surface area contributed by atoms with Gasteiger partial charge in [-0.1, -0.05) is 13.3 Å². The number of carbonyl (C=O) groups is 2. The fourth-order valence-corrected chi connectivity index (χ4v) is 1.22. The van der Waals surface area contributed by atoms with Gasteiger partial charge in [0.2, 0.25) is 0 Å². The Morgan fingerprint density at radius 2 is 2.06 bits per heavy atom. The zero-order chi connectivity index (χ0) is 11.8. The van der Waals surface area contributed by atoms with Crippen molar-refractivity contribution in [3.05, 3.63) is 29.8 Å². The first-order chi connectivity index (χ1) is 7.77. The van der Waals surface area contributed by atoms with Crippen LogP contribution < -0.4 is 10.1 Å². The largest absolute Gasteiger partial charge is 0.429 e. The molecule has 0 bridgehead atoms. The molecule has 4 heteroatoms. The number of hydrogen-bond donors (Lipinski definition) is 1. The summed E-state index contributed by atoms with van der Waals surface area (Å²) in [4.78, 5) is 21.6. The van der Waals surface area contributed by atoms with Crippen LogP contribution in [0.5, 0.6) is 5.75 Å². The Labute approximate surface area is 94.6 Å². The minimum absolute atomic E-state index is 0.105. The average molecular weight is 221 g/mol. The lowest BCUT2D eigenvalue weighted by Gasteiger charge is -2.04. The van der Waals surface area contributed by atoms with E-state index in [1.165, 1.54) is 0 Å². The maximum Gasteiger partial charge on any atom is 0.298 e. The van der Waals surface area contributed by atoms with Crippen LogP contribution in [0.4, 0.5) is 0 Å². The fraction of sp³-hybridized carbons (Fsp3) is 0.333. The van der Waals surface area contributed by atoms with Gasteiger partial charge >= 0.3 is 0 Å². The van der Waals surface area contributed by atoms with Gasteiger partial charge in [-0.25, -0.2) is 0 Å². The van der Waals surface area contributed by atoms with Crippen LogP contribution in [-0.4, -0.2) is 18.9 Å². The normalized spacial score (nSPS) is 9.56. The highest BCUT2D eigenvalue weighted by molar-refractivity contribution is 5.94. The maximum absolute atomic E-state index is 11.6. The first kappa shape index (κ1) is 12.2. The van der Waals surface area contributed by atoms with Crippen LogP contribution in [0, 0.1) is 0 Å². The Balaban J connectivity index is 2.52. The molecule has 0 fully saturated rings. The summed E-state index contributed by atoms with van der Waals surface area (Å²) in [7, 11) is 0. The Bertz CT molecular complexity index is 346. The van der Waals surface area contributed by atoms with Gasteiger partial charge in [0.1, 0.15) is 5.75 Å². The average Bonchev–Trinajstić information content (AvgIpc) is 2.30. The first-order valence-corrected chi connectivity index (χ1v) is 5.26. The van der Waals surface area contributed by atoms with Gasteiger partial charge in [-0.15, -0.1) is 0 Å². The summed E-state index contributed by atoms with van der Waals surface area (Å²) in [5, 5.41) is 2.80. The predicted octanol–water partition coefficient (Wildman–Crippen LogP) is 1.75. The molecular weight excluding hydrogens is 206 g/mol. The molecule has 0 spiro atoms. The molecule has 1 aromatic rings. The fourth-order valence-electron chi connectivity index (χ4n) is 1.22. The smallest absolute Gasteiger partial charge is 0.298 e. The van der Waals surface area contributed by atoms with E-state index in [2.05, 4.69) is 17.0 Å². The zero-order valence-electron chi connectivity index (χ0n) is 9.23. The molecule has 0 aliphatic heterocycles. The summed E-state index contributed by atoms with van der Waals surface area (Å²) in [6, 6.07) is 6.42. The highest BCUT2D eigenvalue weighted by Crippen LogP contribution is 2.11. The lowest BCUT2D eigenvalue weighted by atomic mass is 10.2. The number of amides is 1. The van der Waals surface area contributed by atoms with Crippen LogP contribution >= 0.6 is 0 Å². The molecule has 0 atom stereocenters. The van der Waals surface area contributed by atoms with Crippen molar-refractivity contribution in [3.63, 3.8) is 0 Å². The molecule has 1 rings (SSSR count). The topological polar surface area (TPSA) is 55.4 Å². The van der Waals surface area contributed by atoms with Gasteiger partial charge in [0.15, 0.2) is 0 Å². The molecule has 1 amide bonds. The van der Waals surface area contributed by atoms with Crippen LogP contribution in [0.25, 0.3) is 0 Å². The summed E-state index contributed by atoms with van der Waals surface area (Å²) in [5.74, 6) is 0.325. The van der Waals surface area contributed by atoms with Gasteiger partial charge in [-0.05, 0) is 30.7 Å². The van der Waals surface area contributed by atoms with Crippen molar-refractivity contribution < 1.29 is 14.3 Å². The molecule has 0 unspecified atom stereocenters. The Kier molecular flexibility index (Phi) is 5.05. The van der Waals surface area contributed by atoms with Crippen molar-refractivity contribution in [2.75, 3.05) is 6.54 Å². The van der Waals surface area contributed by atoms with Crippen LogP contribution in [0.2, 0.25) is 0 Å². The summed E-state index contributed by atoms with van der Waals surface area (Å²) in [5.41, 5.74) is 0.564. The van der Waals surface area contributed by atoms with E-state index in [9.17, 15) is 9.59 Å². The third-order valence-electron chi connectivity index (χ3n) is 2.12. The van der Waals surface area contributed by atoms with Crippen molar-refractivity contribution in [2.24, 2.45) is 0 Å². The van der Waals surface area contributed by atoms with E-state index in [4.69, 9.17) is 0 Å². The molecule has 4 nitrogen and oxygen atoms in total. The number of ether oxygens (including phenoxy) is 1. The summed E-state index contributed by atoms with van der Waals surface area (Å²) in [6.07, 6.45) is 2.02. The van der Waals surface area contributed by atoms with E-state index in [0.29, 0.717) is 24.3 Å². The Morgan fingerprint density at radius 3 is 2.62 bits per heavy atom. The minimum Gasteiger partial charge on any atom is -0.429 e. The van der Waals surface area contributed by atoms with Gasteiger partial charge in [-0.3, -0.25) is 9.59 Å². The standard InChI is InChI=1S/C12H15NO3/c1-2-3-8-13-12(15)10-4-6-11(7-5-10)16-9-14/h4-7,9H,2-3,8H2,1H3,(H,13,15). The molecule has 0 radical (unpaired) electrons. The molecule has 0 aromatic heterocycles. The third kappa shape index (κ3) is 3.73. The van der Waals surface area contributed by atoms with Crippen LogP contribution in [0.3, 0.4) is 0 Å². The number of carbonyl (C=O) groups excluding carboxylic acids is 2. The van der Waals surface area contributed by atoms with Gasteiger partial charge in [0.05, 0.1) is 0 Å². The number of rotatable bonds is 6. The molecule has 0 saturated carbocycles. The van der Waals surface area contributed by atoms with Gasteiger partial charge in [-0.2, -0.15) is 0 Å². The number of unbranched alkanes of at least 4 members (excludes halogenated alkanes) is 1. The quantitative estimate of drug-likeness (QED) is 0.588. The zero-order valence-corrected chi connectivity index (χ0v) is 9.23. The monoisotopic (exact) mass is 221 g/mol. The number of benzene rings is 1. The summed E-state index contributed by atoms with van der Waals surface area (Å²) >= 11 is 0. The molecule has 16 heavy (non-hydrogen) atoms. The van der Waals surface area contributed by atoms with Crippen LogP contribution in [-0.2, 0) is 4.79 Å². The number of nitrogens with one attached hydrogen (secondary N) is 1. The third-order valence-corrected chi connectivity index (χ3v) is 2.12. The second kappa shape index (κ2) is 6.61. The van der Waals surface area contributed by atoms with Gasteiger partial charge in [0, 0.05) is 12.1 Å². The minimum atomic E-state index is -0.105. The van der Waals surface area contributed by atoms with Crippen molar-refractivity contribution >= 4 is 12.4 Å². The molecule has 0 saturated heterocycles. The lowest BCUT2D eigenvalue weighted by Crippen LogP contribution is -2.24. The maximum atomic E-state index is 11.6. The molecule has 1 aromatic carbocycles. The Morgan fingerprint density at radius 1 is 1.38 bits per heavy atom. The lowest BCUT2D eigenvalue weighted by molar-refractivity contribution is -0.120. The van der Waals surface area contributed by atoms with Gasteiger partial charge < -0.3 is 10.1 Å². The summed E-state index contributed by atoms with van der Waals surface area (Å²) < 4.78 is 4.63. The highest BCUT2D eigenvalue weighted by Gasteiger charge is 2.04. The van der Waals surface area contributed by atoms with Crippen LogP contribution in [0.1, 0.15) is 30.1 Å². The molecular formula is C12H15NO3. The van der Waals surface area contributed by atoms with Crippen molar-refractivity contribution in [1.29, 1.82) is 0 Å². The molecule has 86 valence electrons. The predicted molar refractivity (Wildman–Crippen MR) is 60.4 cm³/mol. The van der Waals surface area contributed by atoms with E-state index >= 15 is 0 Å². The molecule has 0 aliphatic carbocycles. The highest BCUT2D eigenvalue weighted by atomic mass is 16.5. The van der Waals surface area contributed by atoms with Crippen LogP contribution in [0.15, 0.2) is 24.3 Å². The van der Waals surface area contributed by atoms with Crippen molar-refractivity contribution in [2.45, 2.75) is 19.8 Å². The van der Waals surface area contributed by atoms with Crippen molar-refractivity contribution in [1.82, 2.24) is 5.32 Å². The summed E-state index contributed by atoms with van der Waals surface area (Å²) in [6.45, 7) is 3.11. The van der Waals surface area contributed by atoms with Gasteiger partial charge in [0.25, 0.3) is 12.4 Å². The molecule has 0 heterocycles. The second-order valence-electron chi connectivity index (χ2n) is 3.35. The SMILES string of the molecule is CCCCNC(=O)c1ccc(OC=O)cc1. The molecule has 0 aliphatic rings. The second-order valence-corrected chi connectivity index (χ2v) is 3.35. The Hall–Kier alpha value is -1.84. The first-order valence-electron chi connectivity index (χ1n) is 5.26. The van der Waals surface area contributed by atoms with E-state index < -0.39 is 0 Å². The van der Waals surface area contributed by atoms with Crippen molar-refractivity contribution in [3.8, 4) is 5.75 Å².